The van der Waals surface area contributed by atoms with Gasteiger partial charge in [0.2, 0.25) is 0 Å². The van der Waals surface area contributed by atoms with Crippen molar-refractivity contribution in [2.75, 3.05) is 0 Å². The fourth-order valence-corrected chi connectivity index (χ4v) is 1.60. The van der Waals surface area contributed by atoms with Crippen molar-refractivity contribution in [1.29, 1.82) is 5.26 Å². The van der Waals surface area contributed by atoms with E-state index in [1.165, 1.54) is 0 Å². The molecule has 0 bridgehead atoms. The minimum atomic E-state index is -4.41. The van der Waals surface area contributed by atoms with E-state index < -0.39 is 17.2 Å². The van der Waals surface area contributed by atoms with E-state index in [4.69, 9.17) is 5.26 Å². The Labute approximate surface area is 95.7 Å². The fraction of sp³-hybridized carbons (Fsp3) is 0.333. The van der Waals surface area contributed by atoms with Gasteiger partial charge in [-0.15, -0.1) is 0 Å². The van der Waals surface area contributed by atoms with Crippen molar-refractivity contribution in [1.82, 2.24) is 0 Å². The van der Waals surface area contributed by atoms with Crippen LogP contribution in [0.4, 0.5) is 13.2 Å². The van der Waals surface area contributed by atoms with Gasteiger partial charge in [0.05, 0.1) is 11.6 Å². The average molecular weight is 239 g/mol. The van der Waals surface area contributed by atoms with E-state index >= 15 is 0 Å². The maximum absolute atomic E-state index is 12.3. The van der Waals surface area contributed by atoms with Crippen LogP contribution in [0.3, 0.4) is 0 Å². The van der Waals surface area contributed by atoms with E-state index in [-0.39, 0.29) is 11.3 Å². The Bertz CT molecular complexity index is 492. The Hall–Kier alpha value is -1.83. The summed E-state index contributed by atoms with van der Waals surface area (Å²) in [6, 6.07) is 5.90. The van der Waals surface area contributed by atoms with Gasteiger partial charge in [0, 0.05) is 5.56 Å². The van der Waals surface area contributed by atoms with Gasteiger partial charge in [-0.25, -0.2) is 0 Å². The van der Waals surface area contributed by atoms with Crippen molar-refractivity contribution >= 4 is 5.78 Å². The molecule has 5 heteroatoms. The van der Waals surface area contributed by atoms with Crippen molar-refractivity contribution in [3.63, 3.8) is 0 Å². The molecule has 1 saturated carbocycles. The maximum Gasteiger partial charge on any atom is 0.416 e. The molecular weight excluding hydrogens is 231 g/mol. The minimum Gasteiger partial charge on any atom is -0.292 e. The number of carbonyl (C=O) groups excluding carboxylic acids is 1. The first-order valence-electron chi connectivity index (χ1n) is 5.02. The van der Waals surface area contributed by atoms with Crippen LogP contribution in [-0.4, -0.2) is 5.78 Å². The lowest BCUT2D eigenvalue weighted by molar-refractivity contribution is -0.137. The van der Waals surface area contributed by atoms with Crippen LogP contribution in [0.25, 0.3) is 0 Å². The first-order valence-corrected chi connectivity index (χ1v) is 5.02. The zero-order valence-corrected chi connectivity index (χ0v) is 8.71. The lowest BCUT2D eigenvalue weighted by Crippen LogP contribution is -2.14. The summed E-state index contributed by atoms with van der Waals surface area (Å²) in [5, 5.41) is 8.82. The van der Waals surface area contributed by atoms with Gasteiger partial charge in [-0.3, -0.25) is 4.79 Å². The molecule has 0 saturated heterocycles. The topological polar surface area (TPSA) is 40.9 Å². The van der Waals surface area contributed by atoms with Gasteiger partial charge in [-0.05, 0) is 25.0 Å². The number of halogens is 3. The number of ketones is 1. The van der Waals surface area contributed by atoms with E-state index in [0.29, 0.717) is 12.8 Å². The van der Waals surface area contributed by atoms with Gasteiger partial charge in [0.25, 0.3) is 0 Å². The monoisotopic (exact) mass is 239 g/mol. The number of nitrogens with zero attached hydrogens (tertiary/aromatic N) is 1. The quantitative estimate of drug-likeness (QED) is 0.743. The molecule has 0 unspecified atom stereocenters. The zero-order chi connectivity index (χ0) is 12.7. The summed E-state index contributed by atoms with van der Waals surface area (Å²) in [4.78, 5) is 11.8. The smallest absolute Gasteiger partial charge is 0.292 e. The minimum absolute atomic E-state index is 0.164. The van der Waals surface area contributed by atoms with Crippen LogP contribution in [0, 0.1) is 16.7 Å². The second-order valence-electron chi connectivity index (χ2n) is 4.10. The van der Waals surface area contributed by atoms with E-state index in [0.717, 1.165) is 24.3 Å². The summed E-state index contributed by atoms with van der Waals surface area (Å²) < 4.78 is 36.9. The highest BCUT2D eigenvalue weighted by atomic mass is 19.4. The molecule has 0 aromatic heterocycles. The second-order valence-corrected chi connectivity index (χ2v) is 4.10. The maximum atomic E-state index is 12.3. The highest BCUT2D eigenvalue weighted by Crippen LogP contribution is 2.47. The molecule has 0 N–H and O–H groups in total. The average Bonchev–Trinajstić information content (AvgIpc) is 3.08. The third kappa shape index (κ3) is 2.03. The first-order chi connectivity index (χ1) is 7.89. The number of hydrogen-bond acceptors (Lipinski definition) is 2. The molecule has 1 aliphatic rings. The summed E-state index contributed by atoms with van der Waals surface area (Å²) in [7, 11) is 0. The molecule has 1 aromatic carbocycles. The number of carbonyl (C=O) groups is 1. The van der Waals surface area contributed by atoms with Crippen LogP contribution in [-0.2, 0) is 6.18 Å². The summed E-state index contributed by atoms with van der Waals surface area (Å²) in [6.07, 6.45) is -3.43. The van der Waals surface area contributed by atoms with Gasteiger partial charge < -0.3 is 0 Å². The van der Waals surface area contributed by atoms with Crippen LogP contribution in [0.5, 0.6) is 0 Å². The number of nitriles is 1. The van der Waals surface area contributed by atoms with Gasteiger partial charge in [0.15, 0.2) is 5.78 Å². The van der Waals surface area contributed by atoms with Crippen LogP contribution < -0.4 is 0 Å². The summed E-state index contributed by atoms with van der Waals surface area (Å²) in [5.74, 6) is -0.381. The third-order valence-electron chi connectivity index (χ3n) is 2.87. The third-order valence-corrected chi connectivity index (χ3v) is 2.87. The van der Waals surface area contributed by atoms with Crippen LogP contribution in [0.2, 0.25) is 0 Å². The van der Waals surface area contributed by atoms with E-state index in [1.807, 2.05) is 6.07 Å². The molecule has 0 aliphatic heterocycles. The number of hydrogen-bond donors (Lipinski definition) is 0. The molecule has 88 valence electrons. The molecule has 1 fully saturated rings. The van der Waals surface area contributed by atoms with Crippen LogP contribution in [0.1, 0.15) is 28.8 Å². The Morgan fingerprint density at radius 2 is 1.76 bits per heavy atom. The van der Waals surface area contributed by atoms with E-state index in [2.05, 4.69) is 0 Å². The standard InChI is InChI=1S/C12H8F3NO/c13-12(14,15)9-3-1-8(2-4-9)10(17)11(7-16)5-6-11/h1-4H,5-6H2. The fourth-order valence-electron chi connectivity index (χ4n) is 1.60. The molecule has 2 nitrogen and oxygen atoms in total. The normalized spacial score (nSPS) is 17.3. The van der Waals surface area contributed by atoms with Gasteiger partial charge in [-0.1, -0.05) is 12.1 Å². The molecule has 0 radical (unpaired) electrons. The Morgan fingerprint density at radius 1 is 1.24 bits per heavy atom. The predicted molar refractivity (Wildman–Crippen MR) is 53.1 cm³/mol. The summed E-state index contributed by atoms with van der Waals surface area (Å²) in [5.41, 5.74) is -1.62. The van der Waals surface area contributed by atoms with E-state index in [1.54, 1.807) is 0 Å². The molecule has 17 heavy (non-hydrogen) atoms. The lowest BCUT2D eigenvalue weighted by atomic mass is 9.95. The van der Waals surface area contributed by atoms with Gasteiger partial charge in [-0.2, -0.15) is 18.4 Å². The van der Waals surface area contributed by atoms with E-state index in [9.17, 15) is 18.0 Å². The molecule has 0 amide bonds. The van der Waals surface area contributed by atoms with Crippen LogP contribution >= 0.6 is 0 Å². The summed E-state index contributed by atoms with van der Waals surface area (Å²) >= 11 is 0. The molecule has 1 aromatic rings. The Kier molecular flexibility index (Phi) is 2.46. The zero-order valence-electron chi connectivity index (χ0n) is 8.71. The molecule has 0 spiro atoms. The number of Topliss-reactive ketones (excluding diaryl/α,β-unsaturated/α-hetero) is 1. The van der Waals surface area contributed by atoms with Crippen molar-refractivity contribution < 1.29 is 18.0 Å². The van der Waals surface area contributed by atoms with Crippen molar-refractivity contribution in [3.05, 3.63) is 35.4 Å². The molecule has 2 rings (SSSR count). The largest absolute Gasteiger partial charge is 0.416 e. The lowest BCUT2D eigenvalue weighted by Gasteiger charge is -2.08. The van der Waals surface area contributed by atoms with Gasteiger partial charge in [0.1, 0.15) is 5.41 Å². The SMILES string of the molecule is N#CC1(C(=O)c2ccc(C(F)(F)F)cc2)CC1. The highest BCUT2D eigenvalue weighted by molar-refractivity contribution is 6.04. The molecule has 0 heterocycles. The van der Waals surface area contributed by atoms with Crippen molar-refractivity contribution in [3.8, 4) is 6.07 Å². The highest BCUT2D eigenvalue weighted by Gasteiger charge is 2.50. The van der Waals surface area contributed by atoms with Crippen molar-refractivity contribution in [2.45, 2.75) is 19.0 Å². The number of rotatable bonds is 2. The number of alkyl halides is 3. The predicted octanol–water partition coefficient (Wildman–Crippen LogP) is 3.19. The van der Waals surface area contributed by atoms with Gasteiger partial charge >= 0.3 is 6.18 Å². The molecular formula is C12H8F3NO. The van der Waals surface area contributed by atoms with Crippen LogP contribution in [0.15, 0.2) is 24.3 Å². The second kappa shape index (κ2) is 3.59. The molecule has 1 aliphatic carbocycles. The Balaban J connectivity index is 2.26. The Morgan fingerprint density at radius 3 is 2.12 bits per heavy atom. The van der Waals surface area contributed by atoms with Crippen molar-refractivity contribution in [2.24, 2.45) is 5.41 Å². The summed E-state index contributed by atoms with van der Waals surface area (Å²) in [6.45, 7) is 0. The first kappa shape index (κ1) is 11.6. The molecule has 0 atom stereocenters. The number of benzene rings is 1.